The molecule has 0 saturated carbocycles. The lowest BCUT2D eigenvalue weighted by molar-refractivity contribution is -0.142. The molecule has 0 aliphatic heterocycles. The largest absolute Gasteiger partial charge is 0.435 e. The fourth-order valence-electron chi connectivity index (χ4n) is 3.49. The van der Waals surface area contributed by atoms with E-state index in [1.165, 1.54) is 16.0 Å². The maximum absolute atomic E-state index is 13.4. The Hall–Kier alpha value is -2.68. The van der Waals surface area contributed by atoms with E-state index in [0.29, 0.717) is 40.5 Å². The van der Waals surface area contributed by atoms with Crippen LogP contribution in [0.15, 0.2) is 24.3 Å². The van der Waals surface area contributed by atoms with Gasteiger partial charge in [0, 0.05) is 21.7 Å². The fourth-order valence-corrected chi connectivity index (χ4v) is 4.30. The second-order valence-electron chi connectivity index (χ2n) is 7.05. The maximum atomic E-state index is 13.4. The predicted octanol–water partition coefficient (Wildman–Crippen LogP) is 5.10. The van der Waals surface area contributed by atoms with Crippen molar-refractivity contribution < 1.29 is 18.0 Å². The zero-order chi connectivity index (χ0) is 20.8. The number of fused-ring (bicyclic) bond motifs is 1. The molecule has 1 N–H and O–H groups in total. The maximum Gasteiger partial charge on any atom is 0.435 e. The summed E-state index contributed by atoms with van der Waals surface area (Å²) < 4.78 is 41.5. The van der Waals surface area contributed by atoms with Crippen LogP contribution in [-0.4, -0.2) is 20.7 Å². The number of anilines is 1. The number of nitrogens with zero attached hydrogens (tertiary/aromatic N) is 3. The van der Waals surface area contributed by atoms with E-state index in [1.54, 1.807) is 24.3 Å². The van der Waals surface area contributed by atoms with Gasteiger partial charge in [-0.25, -0.2) is 9.67 Å². The topological polar surface area (TPSA) is 59.8 Å². The minimum absolute atomic E-state index is 0.292. The molecule has 152 valence electrons. The van der Waals surface area contributed by atoms with Crippen molar-refractivity contribution in [2.75, 3.05) is 5.32 Å². The molecule has 1 aliphatic rings. The third-order valence-electron chi connectivity index (χ3n) is 5.07. The number of halogens is 3. The molecule has 2 aromatic heterocycles. The first-order valence-corrected chi connectivity index (χ1v) is 10.1. The molecule has 0 spiro atoms. The van der Waals surface area contributed by atoms with Crippen LogP contribution in [0.25, 0.3) is 5.69 Å². The molecule has 1 amide bonds. The first-order chi connectivity index (χ1) is 13.7. The van der Waals surface area contributed by atoms with Gasteiger partial charge in [0.2, 0.25) is 0 Å². The Balaban J connectivity index is 1.61. The molecule has 9 heteroatoms. The van der Waals surface area contributed by atoms with E-state index in [2.05, 4.69) is 15.4 Å². The van der Waals surface area contributed by atoms with Crippen LogP contribution in [0, 0.1) is 13.8 Å². The van der Waals surface area contributed by atoms with E-state index >= 15 is 0 Å². The molecular formula is C20H19F3N4OS. The quantitative estimate of drug-likeness (QED) is 0.642. The van der Waals surface area contributed by atoms with E-state index in [0.717, 1.165) is 23.4 Å². The minimum Gasteiger partial charge on any atom is -0.298 e. The van der Waals surface area contributed by atoms with E-state index in [9.17, 15) is 18.0 Å². The third kappa shape index (κ3) is 3.78. The average Bonchev–Trinajstić information content (AvgIpc) is 3.22. The van der Waals surface area contributed by atoms with Crippen LogP contribution in [0.3, 0.4) is 0 Å². The van der Waals surface area contributed by atoms with E-state index < -0.39 is 11.9 Å². The van der Waals surface area contributed by atoms with Crippen LogP contribution in [-0.2, 0) is 19.0 Å². The number of hydrogen-bond donors (Lipinski definition) is 1. The summed E-state index contributed by atoms with van der Waals surface area (Å²) in [6.07, 6.45) is -1.96. The lowest BCUT2D eigenvalue weighted by atomic mass is 9.95. The summed E-state index contributed by atoms with van der Waals surface area (Å²) in [6, 6.07) is 6.41. The van der Waals surface area contributed by atoms with Crippen molar-refractivity contribution in [3.05, 3.63) is 57.4 Å². The number of amides is 1. The minimum atomic E-state index is -4.48. The lowest BCUT2D eigenvalue weighted by Crippen LogP contribution is -2.12. The number of alkyl halides is 3. The summed E-state index contributed by atoms with van der Waals surface area (Å²) in [5.41, 5.74) is 1.87. The summed E-state index contributed by atoms with van der Waals surface area (Å²) in [5.74, 6) is -0.316. The number of carbonyl (C=O) groups is 1. The standard InChI is InChI=1S/C20H19F3N4OS/c1-11-12(2)29-19(24-11)25-18(28)13-7-9-14(10-8-13)27-16-6-4-3-5-15(16)17(26-27)20(21,22)23/h7-10H,3-6H2,1-2H3,(H,24,25,28). The number of hydrogen-bond acceptors (Lipinski definition) is 4. The highest BCUT2D eigenvalue weighted by Crippen LogP contribution is 2.36. The number of aromatic nitrogens is 3. The Morgan fingerprint density at radius 3 is 2.45 bits per heavy atom. The van der Waals surface area contributed by atoms with Gasteiger partial charge in [-0.2, -0.15) is 18.3 Å². The molecular weight excluding hydrogens is 401 g/mol. The molecule has 1 aliphatic carbocycles. The van der Waals surface area contributed by atoms with Crippen molar-refractivity contribution in [1.29, 1.82) is 0 Å². The normalized spacial score (nSPS) is 14.0. The molecule has 1 aromatic carbocycles. The molecule has 0 saturated heterocycles. The second kappa shape index (κ2) is 7.29. The monoisotopic (exact) mass is 420 g/mol. The summed E-state index contributed by atoms with van der Waals surface area (Å²) in [7, 11) is 0. The zero-order valence-electron chi connectivity index (χ0n) is 15.9. The highest BCUT2D eigenvalue weighted by molar-refractivity contribution is 7.15. The first-order valence-electron chi connectivity index (χ1n) is 9.28. The molecule has 0 bridgehead atoms. The van der Waals surface area contributed by atoms with Crippen LogP contribution in [0.5, 0.6) is 0 Å². The van der Waals surface area contributed by atoms with Gasteiger partial charge in [-0.3, -0.25) is 10.1 Å². The Bertz CT molecular complexity index is 1050. The number of nitrogens with one attached hydrogen (secondary N) is 1. The predicted molar refractivity (Wildman–Crippen MR) is 105 cm³/mol. The number of rotatable bonds is 3. The SMILES string of the molecule is Cc1nc(NC(=O)c2ccc(-n3nc(C(F)(F)F)c4c3CCCC4)cc2)sc1C. The van der Waals surface area contributed by atoms with Gasteiger partial charge in [0.25, 0.3) is 5.91 Å². The molecule has 0 atom stereocenters. The van der Waals surface area contributed by atoms with Crippen LogP contribution in [0.1, 0.15) is 50.7 Å². The van der Waals surface area contributed by atoms with Crippen LogP contribution >= 0.6 is 11.3 Å². The van der Waals surface area contributed by atoms with Crippen molar-refractivity contribution in [3.63, 3.8) is 0 Å². The lowest BCUT2D eigenvalue weighted by Gasteiger charge is -2.14. The highest BCUT2D eigenvalue weighted by atomic mass is 32.1. The summed E-state index contributed by atoms with van der Waals surface area (Å²) in [6.45, 7) is 3.80. The van der Waals surface area contributed by atoms with Crippen LogP contribution in [0.2, 0.25) is 0 Å². The zero-order valence-corrected chi connectivity index (χ0v) is 16.7. The number of carbonyl (C=O) groups excluding carboxylic acids is 1. The Labute approximate surface area is 169 Å². The van der Waals surface area contributed by atoms with Crippen molar-refractivity contribution in [3.8, 4) is 5.69 Å². The van der Waals surface area contributed by atoms with Crippen molar-refractivity contribution >= 4 is 22.4 Å². The van der Waals surface area contributed by atoms with Crippen LogP contribution < -0.4 is 5.32 Å². The Kier molecular flexibility index (Phi) is 4.94. The molecule has 5 nitrogen and oxygen atoms in total. The summed E-state index contributed by atoms with van der Waals surface area (Å²) in [4.78, 5) is 17.7. The van der Waals surface area contributed by atoms with E-state index in [1.807, 2.05) is 13.8 Å². The average molecular weight is 420 g/mol. The number of aryl methyl sites for hydroxylation is 2. The molecule has 2 heterocycles. The van der Waals surface area contributed by atoms with Crippen LogP contribution in [0.4, 0.5) is 18.3 Å². The van der Waals surface area contributed by atoms with Gasteiger partial charge in [-0.1, -0.05) is 0 Å². The Morgan fingerprint density at radius 2 is 1.83 bits per heavy atom. The van der Waals surface area contributed by atoms with Gasteiger partial charge in [0.05, 0.1) is 11.4 Å². The van der Waals surface area contributed by atoms with Crippen molar-refractivity contribution in [2.45, 2.75) is 45.7 Å². The van der Waals surface area contributed by atoms with Gasteiger partial charge < -0.3 is 0 Å². The van der Waals surface area contributed by atoms with Gasteiger partial charge in [0.1, 0.15) is 0 Å². The second-order valence-corrected chi connectivity index (χ2v) is 8.26. The molecule has 4 rings (SSSR count). The Morgan fingerprint density at radius 1 is 1.14 bits per heavy atom. The molecule has 3 aromatic rings. The summed E-state index contributed by atoms with van der Waals surface area (Å²) >= 11 is 1.39. The van der Waals surface area contributed by atoms with Gasteiger partial charge in [0.15, 0.2) is 10.8 Å². The number of thiazole rings is 1. The molecule has 29 heavy (non-hydrogen) atoms. The number of benzene rings is 1. The van der Waals surface area contributed by atoms with E-state index in [4.69, 9.17) is 0 Å². The van der Waals surface area contributed by atoms with Gasteiger partial charge in [-0.05, 0) is 63.8 Å². The molecule has 0 unspecified atom stereocenters. The highest BCUT2D eigenvalue weighted by Gasteiger charge is 2.39. The van der Waals surface area contributed by atoms with Gasteiger partial charge in [-0.15, -0.1) is 11.3 Å². The van der Waals surface area contributed by atoms with Gasteiger partial charge >= 0.3 is 6.18 Å². The van der Waals surface area contributed by atoms with Crippen molar-refractivity contribution in [2.24, 2.45) is 0 Å². The smallest absolute Gasteiger partial charge is 0.298 e. The molecule has 0 fully saturated rings. The third-order valence-corrected chi connectivity index (χ3v) is 6.06. The van der Waals surface area contributed by atoms with E-state index in [-0.39, 0.29) is 5.91 Å². The molecule has 0 radical (unpaired) electrons. The first kappa shape index (κ1) is 19.6. The fraction of sp³-hybridized carbons (Fsp3) is 0.350. The van der Waals surface area contributed by atoms with Crippen molar-refractivity contribution in [1.82, 2.24) is 14.8 Å². The summed E-state index contributed by atoms with van der Waals surface area (Å²) in [5, 5.41) is 7.14.